The Morgan fingerprint density at radius 1 is 1.12 bits per heavy atom. The van der Waals surface area contributed by atoms with E-state index >= 15 is 0 Å². The number of halogens is 1. The summed E-state index contributed by atoms with van der Waals surface area (Å²) in [6.45, 7) is 2.15. The Bertz CT molecular complexity index is 1290. The number of aromatic nitrogens is 2. The van der Waals surface area contributed by atoms with Gasteiger partial charge in [-0.25, -0.2) is 4.39 Å². The number of nitrogens with one attached hydrogen (secondary N) is 2. The number of carbonyl (C=O) groups is 2. The Kier molecular flexibility index (Phi) is 6.58. The van der Waals surface area contributed by atoms with Crippen molar-refractivity contribution in [2.24, 2.45) is 5.92 Å². The van der Waals surface area contributed by atoms with Gasteiger partial charge in [0.2, 0.25) is 0 Å². The molecule has 0 aliphatic carbocycles. The van der Waals surface area contributed by atoms with Gasteiger partial charge in [-0.3, -0.25) is 14.6 Å². The second kappa shape index (κ2) is 9.93. The molecule has 1 aliphatic rings. The zero-order valence-corrected chi connectivity index (χ0v) is 19.7. The summed E-state index contributed by atoms with van der Waals surface area (Å²) in [5.41, 5.74) is 1.29. The van der Waals surface area contributed by atoms with E-state index in [0.29, 0.717) is 18.2 Å². The summed E-state index contributed by atoms with van der Waals surface area (Å²) in [4.78, 5) is 35.1. The standard InChI is InChI=1S/C26H27FN4O2S/c27-20-4-5-21-19(13-20)14-22(30-21)26(33)31-11-7-17(8-12-31)3-1-2-9-29-25(32)23-15-18-6-10-28-16-24(18)34-23/h4-6,10,13-17,30H,1-3,7-9,11-12H2,(H,29,32). The molecule has 3 aromatic heterocycles. The number of carbonyl (C=O) groups excluding carboxylic acids is 2. The van der Waals surface area contributed by atoms with Crippen molar-refractivity contribution < 1.29 is 14.0 Å². The quantitative estimate of drug-likeness (QED) is 0.351. The van der Waals surface area contributed by atoms with Crippen LogP contribution < -0.4 is 5.32 Å². The molecule has 0 bridgehead atoms. The molecule has 34 heavy (non-hydrogen) atoms. The van der Waals surface area contributed by atoms with Gasteiger partial charge in [-0.1, -0.05) is 12.8 Å². The van der Waals surface area contributed by atoms with Crippen LogP contribution in [0.2, 0.25) is 0 Å². The lowest BCUT2D eigenvalue weighted by Gasteiger charge is -2.31. The number of pyridine rings is 1. The molecule has 0 unspecified atom stereocenters. The molecule has 8 heteroatoms. The number of unbranched alkanes of at least 4 members (excludes halogenated alkanes) is 1. The van der Waals surface area contributed by atoms with Crippen molar-refractivity contribution in [3.63, 3.8) is 0 Å². The first-order chi connectivity index (χ1) is 16.6. The third kappa shape index (κ3) is 4.97. The molecule has 0 radical (unpaired) electrons. The van der Waals surface area contributed by atoms with Gasteiger partial charge in [-0.15, -0.1) is 11.3 Å². The van der Waals surface area contributed by atoms with Gasteiger partial charge in [0.1, 0.15) is 11.5 Å². The van der Waals surface area contributed by atoms with Gasteiger partial charge < -0.3 is 15.2 Å². The summed E-state index contributed by atoms with van der Waals surface area (Å²) >= 11 is 1.47. The first-order valence-corrected chi connectivity index (χ1v) is 12.6. The minimum absolute atomic E-state index is 0.0187. The second-order valence-corrected chi connectivity index (χ2v) is 10.0. The Hall–Kier alpha value is -3.26. The van der Waals surface area contributed by atoms with E-state index < -0.39 is 0 Å². The van der Waals surface area contributed by atoms with E-state index in [9.17, 15) is 14.0 Å². The average Bonchev–Trinajstić information content (AvgIpc) is 3.47. The minimum Gasteiger partial charge on any atom is -0.351 e. The van der Waals surface area contributed by atoms with Gasteiger partial charge in [-0.2, -0.15) is 0 Å². The number of aromatic amines is 1. The summed E-state index contributed by atoms with van der Waals surface area (Å²) in [5, 5.41) is 4.79. The summed E-state index contributed by atoms with van der Waals surface area (Å²) < 4.78 is 14.4. The zero-order valence-electron chi connectivity index (χ0n) is 18.9. The normalized spacial score (nSPS) is 14.7. The molecule has 0 spiro atoms. The summed E-state index contributed by atoms with van der Waals surface area (Å²) in [6, 6.07) is 10.1. The molecule has 176 valence electrons. The highest BCUT2D eigenvalue weighted by atomic mass is 32.1. The topological polar surface area (TPSA) is 78.1 Å². The lowest BCUT2D eigenvalue weighted by atomic mass is 9.91. The number of piperidine rings is 1. The molecule has 2 N–H and O–H groups in total. The average molecular weight is 479 g/mol. The number of thiophene rings is 1. The summed E-state index contributed by atoms with van der Waals surface area (Å²) in [5.74, 6) is 0.262. The third-order valence-corrected chi connectivity index (χ3v) is 7.67. The van der Waals surface area contributed by atoms with Crippen molar-refractivity contribution in [3.8, 4) is 0 Å². The molecule has 5 rings (SSSR count). The van der Waals surface area contributed by atoms with Crippen molar-refractivity contribution in [2.75, 3.05) is 19.6 Å². The van der Waals surface area contributed by atoms with Gasteiger partial charge in [0.15, 0.2) is 0 Å². The van der Waals surface area contributed by atoms with Crippen molar-refractivity contribution in [1.82, 2.24) is 20.2 Å². The molecule has 2 amide bonds. The number of benzene rings is 1. The fraction of sp³-hybridized carbons (Fsp3) is 0.346. The van der Waals surface area contributed by atoms with Gasteiger partial charge in [0.05, 0.1) is 9.58 Å². The van der Waals surface area contributed by atoms with Crippen LogP contribution in [0.1, 0.15) is 52.3 Å². The summed E-state index contributed by atoms with van der Waals surface area (Å²) in [6.07, 6.45) is 8.62. The van der Waals surface area contributed by atoms with Crippen LogP contribution in [0.4, 0.5) is 4.39 Å². The van der Waals surface area contributed by atoms with E-state index in [1.165, 1.54) is 23.5 Å². The van der Waals surface area contributed by atoms with E-state index in [1.54, 1.807) is 24.5 Å². The van der Waals surface area contributed by atoms with Crippen molar-refractivity contribution in [2.45, 2.75) is 32.1 Å². The Morgan fingerprint density at radius 2 is 1.97 bits per heavy atom. The molecular formula is C26H27FN4O2S. The molecule has 1 aromatic carbocycles. The number of likely N-dealkylation sites (tertiary alicyclic amines) is 1. The van der Waals surface area contributed by atoms with Crippen molar-refractivity contribution in [3.05, 3.63) is 65.2 Å². The van der Waals surface area contributed by atoms with Crippen molar-refractivity contribution in [1.29, 1.82) is 0 Å². The lowest BCUT2D eigenvalue weighted by Crippen LogP contribution is -2.38. The Labute approximate surface area is 201 Å². The molecule has 0 saturated carbocycles. The van der Waals surface area contributed by atoms with Crippen molar-refractivity contribution >= 4 is 44.1 Å². The number of H-pyrrole nitrogens is 1. The predicted octanol–water partition coefficient (Wildman–Crippen LogP) is 5.37. The maximum absolute atomic E-state index is 13.4. The Morgan fingerprint density at radius 3 is 2.79 bits per heavy atom. The highest BCUT2D eigenvalue weighted by molar-refractivity contribution is 7.20. The van der Waals surface area contributed by atoms with E-state index in [4.69, 9.17) is 0 Å². The molecular weight excluding hydrogens is 451 g/mol. The number of fused-ring (bicyclic) bond motifs is 2. The second-order valence-electron chi connectivity index (χ2n) is 8.93. The van der Waals surface area contributed by atoms with Crippen LogP contribution in [0.25, 0.3) is 21.0 Å². The molecule has 4 aromatic rings. The SMILES string of the molecule is O=C(NCCCCC1CCN(C(=O)c2cc3cc(F)ccc3[nH]2)CC1)c1cc2ccncc2s1. The third-order valence-electron chi connectivity index (χ3n) is 6.59. The Balaban J connectivity index is 1.02. The molecule has 1 aliphatic heterocycles. The minimum atomic E-state index is -0.302. The van der Waals surface area contributed by atoms with E-state index in [0.717, 1.165) is 71.1 Å². The van der Waals surface area contributed by atoms with E-state index in [1.807, 2.05) is 17.0 Å². The van der Waals surface area contributed by atoms with E-state index in [2.05, 4.69) is 15.3 Å². The van der Waals surface area contributed by atoms with Gasteiger partial charge in [0.25, 0.3) is 11.8 Å². The van der Waals surface area contributed by atoms with Crippen LogP contribution in [-0.4, -0.2) is 46.3 Å². The highest BCUT2D eigenvalue weighted by Gasteiger charge is 2.24. The summed E-state index contributed by atoms with van der Waals surface area (Å²) in [7, 11) is 0. The van der Waals surface area contributed by atoms with Crippen LogP contribution in [0.3, 0.4) is 0 Å². The molecule has 1 fully saturated rings. The molecule has 0 atom stereocenters. The fourth-order valence-corrected chi connectivity index (χ4v) is 5.60. The van der Waals surface area contributed by atoms with Gasteiger partial charge in [-0.05, 0) is 67.0 Å². The van der Waals surface area contributed by atoms with Crippen LogP contribution in [0.5, 0.6) is 0 Å². The van der Waals surface area contributed by atoms with Gasteiger partial charge >= 0.3 is 0 Å². The maximum Gasteiger partial charge on any atom is 0.270 e. The molecule has 6 nitrogen and oxygen atoms in total. The highest BCUT2D eigenvalue weighted by Crippen LogP contribution is 2.26. The first kappa shape index (κ1) is 22.5. The zero-order chi connectivity index (χ0) is 23.5. The fourth-order valence-electron chi connectivity index (χ4n) is 4.66. The van der Waals surface area contributed by atoms with E-state index in [-0.39, 0.29) is 17.6 Å². The number of hydrogen-bond acceptors (Lipinski definition) is 4. The largest absolute Gasteiger partial charge is 0.351 e. The maximum atomic E-state index is 13.4. The smallest absolute Gasteiger partial charge is 0.270 e. The predicted molar refractivity (Wildman–Crippen MR) is 133 cm³/mol. The van der Waals surface area contributed by atoms with Crippen LogP contribution in [0, 0.1) is 11.7 Å². The number of rotatable bonds is 7. The lowest BCUT2D eigenvalue weighted by molar-refractivity contribution is 0.0681. The van der Waals surface area contributed by atoms with Crippen LogP contribution in [-0.2, 0) is 0 Å². The monoisotopic (exact) mass is 478 g/mol. The number of nitrogens with zero attached hydrogens (tertiary/aromatic N) is 2. The van der Waals surface area contributed by atoms with Crippen LogP contribution in [0.15, 0.2) is 48.8 Å². The number of hydrogen-bond donors (Lipinski definition) is 2. The molecule has 4 heterocycles. The first-order valence-electron chi connectivity index (χ1n) is 11.8. The molecule has 1 saturated heterocycles. The number of amides is 2. The van der Waals surface area contributed by atoms with Gasteiger partial charge in [0, 0.05) is 42.9 Å². The van der Waals surface area contributed by atoms with Crippen LogP contribution >= 0.6 is 11.3 Å².